The maximum atomic E-state index is 12.4. The number of halogens is 1. The Morgan fingerprint density at radius 3 is 2.75 bits per heavy atom. The summed E-state index contributed by atoms with van der Waals surface area (Å²) >= 11 is 0. The summed E-state index contributed by atoms with van der Waals surface area (Å²) < 4.78 is 17.5. The van der Waals surface area contributed by atoms with Crippen LogP contribution in [0.3, 0.4) is 0 Å². The van der Waals surface area contributed by atoms with E-state index in [-0.39, 0.29) is 6.61 Å². The van der Waals surface area contributed by atoms with E-state index in [2.05, 4.69) is 0 Å². The van der Waals surface area contributed by atoms with E-state index >= 15 is 0 Å². The van der Waals surface area contributed by atoms with Crippen molar-refractivity contribution in [3.63, 3.8) is 0 Å². The van der Waals surface area contributed by atoms with Gasteiger partial charge in [0.2, 0.25) is 0 Å². The third-order valence-corrected chi connectivity index (χ3v) is 1.39. The summed E-state index contributed by atoms with van der Waals surface area (Å²) in [5.41, 5.74) is 6.10. The van der Waals surface area contributed by atoms with Gasteiger partial charge in [-0.05, 0) is 19.1 Å². The van der Waals surface area contributed by atoms with Gasteiger partial charge in [0.1, 0.15) is 18.5 Å². The zero-order valence-electron chi connectivity index (χ0n) is 6.96. The Morgan fingerprint density at radius 2 is 2.17 bits per heavy atom. The van der Waals surface area contributed by atoms with E-state index in [1.54, 1.807) is 24.3 Å². The highest BCUT2D eigenvalue weighted by Gasteiger charge is 2.01. The lowest BCUT2D eigenvalue weighted by molar-refractivity contribution is 0.210. The minimum Gasteiger partial charge on any atom is -0.488 e. The first-order chi connectivity index (χ1) is 5.70. The normalized spacial score (nSPS) is 12.5. The molecular formula is C9H12FNO. The Labute approximate surface area is 71.1 Å². The molecule has 0 saturated heterocycles. The first kappa shape index (κ1) is 8.84. The number of para-hydroxylation sites is 2. The van der Waals surface area contributed by atoms with Gasteiger partial charge in [0, 0.05) is 0 Å². The van der Waals surface area contributed by atoms with Crippen LogP contribution < -0.4 is 10.5 Å². The molecule has 0 aromatic heterocycles. The molecular weight excluding hydrogens is 157 g/mol. The molecule has 0 amide bonds. The van der Waals surface area contributed by atoms with Gasteiger partial charge in [-0.15, -0.1) is 0 Å². The molecule has 12 heavy (non-hydrogen) atoms. The Bertz CT molecular complexity index is 250. The summed E-state index contributed by atoms with van der Waals surface area (Å²) in [5, 5.41) is 0. The van der Waals surface area contributed by atoms with Crippen molar-refractivity contribution in [2.24, 2.45) is 0 Å². The Balaban J connectivity index is 2.57. The monoisotopic (exact) mass is 169 g/mol. The van der Waals surface area contributed by atoms with Gasteiger partial charge in [-0.2, -0.15) is 0 Å². The fraction of sp³-hybridized carbons (Fsp3) is 0.333. The highest BCUT2D eigenvalue weighted by atomic mass is 19.1. The van der Waals surface area contributed by atoms with Crippen molar-refractivity contribution >= 4 is 5.69 Å². The molecule has 1 atom stereocenters. The highest BCUT2D eigenvalue weighted by Crippen LogP contribution is 2.19. The molecule has 0 fully saturated rings. The molecule has 1 rings (SSSR count). The number of rotatable bonds is 3. The van der Waals surface area contributed by atoms with Crippen molar-refractivity contribution in [3.05, 3.63) is 24.3 Å². The topological polar surface area (TPSA) is 35.2 Å². The van der Waals surface area contributed by atoms with Crippen LogP contribution in [0.2, 0.25) is 0 Å². The molecule has 1 aromatic carbocycles. The molecule has 0 saturated carbocycles. The number of hydrogen-bond acceptors (Lipinski definition) is 2. The molecule has 0 heterocycles. The number of hydrogen-bond donors (Lipinski definition) is 1. The molecule has 3 heteroatoms. The zero-order valence-corrected chi connectivity index (χ0v) is 6.96. The summed E-state index contributed by atoms with van der Waals surface area (Å²) in [6.07, 6.45) is -0.968. The van der Waals surface area contributed by atoms with Crippen LogP contribution in [0.1, 0.15) is 6.92 Å². The molecule has 2 nitrogen and oxygen atoms in total. The number of alkyl halides is 1. The van der Waals surface area contributed by atoms with E-state index < -0.39 is 6.17 Å². The summed E-state index contributed by atoms with van der Waals surface area (Å²) in [6, 6.07) is 7.05. The summed E-state index contributed by atoms with van der Waals surface area (Å²) in [4.78, 5) is 0. The van der Waals surface area contributed by atoms with Gasteiger partial charge in [-0.25, -0.2) is 4.39 Å². The standard InChI is InChI=1S/C9H12FNO/c1-7(10)6-12-9-5-3-2-4-8(9)11/h2-5,7H,6,11H2,1H3/t7-/m0/s1. The molecule has 0 spiro atoms. The SMILES string of the molecule is C[C@H](F)COc1ccccc1N. The van der Waals surface area contributed by atoms with E-state index in [1.807, 2.05) is 0 Å². The predicted octanol–water partition coefficient (Wildman–Crippen LogP) is 2.01. The van der Waals surface area contributed by atoms with Gasteiger partial charge in [0.05, 0.1) is 5.69 Å². The number of nitrogen functional groups attached to an aromatic ring is 1. The van der Waals surface area contributed by atoms with Crippen LogP contribution in [0.25, 0.3) is 0 Å². The lowest BCUT2D eigenvalue weighted by Crippen LogP contribution is -2.09. The smallest absolute Gasteiger partial charge is 0.142 e. The van der Waals surface area contributed by atoms with Crippen LogP contribution in [0, 0.1) is 0 Å². The van der Waals surface area contributed by atoms with Crippen molar-refractivity contribution in [1.29, 1.82) is 0 Å². The first-order valence-electron chi connectivity index (χ1n) is 3.81. The molecule has 66 valence electrons. The van der Waals surface area contributed by atoms with Gasteiger partial charge < -0.3 is 10.5 Å². The molecule has 0 aliphatic rings. The maximum absolute atomic E-state index is 12.4. The number of benzene rings is 1. The predicted molar refractivity (Wildman–Crippen MR) is 46.9 cm³/mol. The van der Waals surface area contributed by atoms with Crippen LogP contribution in [0.4, 0.5) is 10.1 Å². The lowest BCUT2D eigenvalue weighted by atomic mass is 10.3. The van der Waals surface area contributed by atoms with Crippen molar-refractivity contribution < 1.29 is 9.13 Å². The Hall–Kier alpha value is -1.25. The minimum absolute atomic E-state index is 0.0498. The average Bonchev–Trinajstić information content (AvgIpc) is 2.03. The molecule has 0 unspecified atom stereocenters. The van der Waals surface area contributed by atoms with Gasteiger partial charge in [-0.1, -0.05) is 12.1 Å². The van der Waals surface area contributed by atoms with Crippen molar-refractivity contribution in [2.75, 3.05) is 12.3 Å². The molecule has 0 aliphatic heterocycles. The first-order valence-corrected chi connectivity index (χ1v) is 3.81. The summed E-state index contributed by atoms with van der Waals surface area (Å²) in [7, 11) is 0. The van der Waals surface area contributed by atoms with E-state index in [1.165, 1.54) is 6.92 Å². The molecule has 0 radical (unpaired) electrons. The third kappa shape index (κ3) is 2.42. The third-order valence-electron chi connectivity index (χ3n) is 1.39. The van der Waals surface area contributed by atoms with E-state index in [4.69, 9.17) is 10.5 Å². The summed E-state index contributed by atoms with van der Waals surface area (Å²) in [6.45, 7) is 1.49. The second kappa shape index (κ2) is 3.95. The maximum Gasteiger partial charge on any atom is 0.142 e. The number of ether oxygens (including phenoxy) is 1. The second-order valence-electron chi connectivity index (χ2n) is 2.63. The van der Waals surface area contributed by atoms with Crippen LogP contribution in [-0.4, -0.2) is 12.8 Å². The van der Waals surface area contributed by atoms with E-state index in [0.717, 1.165) is 0 Å². The van der Waals surface area contributed by atoms with Gasteiger partial charge in [0.15, 0.2) is 0 Å². The average molecular weight is 169 g/mol. The van der Waals surface area contributed by atoms with Crippen molar-refractivity contribution in [2.45, 2.75) is 13.1 Å². The fourth-order valence-corrected chi connectivity index (χ4v) is 0.817. The number of anilines is 1. The van der Waals surface area contributed by atoms with Crippen LogP contribution >= 0.6 is 0 Å². The largest absolute Gasteiger partial charge is 0.488 e. The van der Waals surface area contributed by atoms with Crippen molar-refractivity contribution in [3.8, 4) is 5.75 Å². The fourth-order valence-electron chi connectivity index (χ4n) is 0.817. The van der Waals surface area contributed by atoms with Gasteiger partial charge in [-0.3, -0.25) is 0 Å². The molecule has 0 bridgehead atoms. The molecule has 0 aliphatic carbocycles. The second-order valence-corrected chi connectivity index (χ2v) is 2.63. The Morgan fingerprint density at radius 1 is 1.50 bits per heavy atom. The van der Waals surface area contributed by atoms with Gasteiger partial charge >= 0.3 is 0 Å². The molecule has 2 N–H and O–H groups in total. The highest BCUT2D eigenvalue weighted by molar-refractivity contribution is 5.51. The quantitative estimate of drug-likeness (QED) is 0.702. The van der Waals surface area contributed by atoms with Crippen LogP contribution in [-0.2, 0) is 0 Å². The lowest BCUT2D eigenvalue weighted by Gasteiger charge is -2.08. The zero-order chi connectivity index (χ0) is 8.97. The van der Waals surface area contributed by atoms with Crippen LogP contribution in [0.5, 0.6) is 5.75 Å². The summed E-state index contributed by atoms with van der Waals surface area (Å²) in [5.74, 6) is 0.544. The van der Waals surface area contributed by atoms with Crippen molar-refractivity contribution in [1.82, 2.24) is 0 Å². The van der Waals surface area contributed by atoms with Gasteiger partial charge in [0.25, 0.3) is 0 Å². The van der Waals surface area contributed by atoms with E-state index in [9.17, 15) is 4.39 Å². The van der Waals surface area contributed by atoms with Crippen LogP contribution in [0.15, 0.2) is 24.3 Å². The minimum atomic E-state index is -0.968. The number of nitrogens with two attached hydrogens (primary N) is 1. The Kier molecular flexibility index (Phi) is 2.91. The molecule has 1 aromatic rings. The van der Waals surface area contributed by atoms with E-state index in [0.29, 0.717) is 11.4 Å².